The van der Waals surface area contributed by atoms with Crippen molar-refractivity contribution in [2.45, 2.75) is 59.0 Å². The molecule has 2 aliphatic heterocycles. The lowest BCUT2D eigenvalue weighted by molar-refractivity contribution is -0.122. The van der Waals surface area contributed by atoms with Crippen LogP contribution < -0.4 is 5.73 Å². The first-order valence-electron chi connectivity index (χ1n) is 11.0. The van der Waals surface area contributed by atoms with Crippen molar-refractivity contribution in [1.82, 2.24) is 9.96 Å². The number of ether oxygens (including phenoxy) is 1. The van der Waals surface area contributed by atoms with E-state index in [0.717, 1.165) is 16.2 Å². The average Bonchev–Trinajstić information content (AvgIpc) is 2.96. The minimum absolute atomic E-state index is 0.0695. The SMILES string of the molecule is Cc1cccc(C)c1C(=O)OCCC(C)(C)COS(=O)(=O)ON1C(=O)N2C[C@H]1CC[C@H]2C(N)=O. The normalized spacial score (nSPS) is 20.5. The zero-order chi connectivity index (χ0) is 25.3. The number of piperidine rings is 1. The maximum Gasteiger partial charge on any atom is 0.421 e. The van der Waals surface area contributed by atoms with Crippen LogP contribution in [0.4, 0.5) is 4.79 Å². The van der Waals surface area contributed by atoms with Gasteiger partial charge in [0, 0.05) is 6.54 Å². The maximum absolute atomic E-state index is 12.5. The highest BCUT2D eigenvalue weighted by Gasteiger charge is 2.49. The van der Waals surface area contributed by atoms with Crippen LogP contribution in [-0.4, -0.2) is 68.1 Å². The first kappa shape index (κ1) is 25.9. The number of esters is 1. The van der Waals surface area contributed by atoms with Crippen LogP contribution in [0.25, 0.3) is 0 Å². The minimum Gasteiger partial charge on any atom is -0.462 e. The van der Waals surface area contributed by atoms with E-state index in [4.69, 9.17) is 18.9 Å². The van der Waals surface area contributed by atoms with Gasteiger partial charge in [-0.05, 0) is 49.7 Å². The quantitative estimate of drug-likeness (QED) is 0.482. The molecule has 34 heavy (non-hydrogen) atoms. The van der Waals surface area contributed by atoms with Crippen molar-refractivity contribution in [3.63, 3.8) is 0 Å². The Morgan fingerprint density at radius 2 is 1.82 bits per heavy atom. The molecule has 0 aromatic heterocycles. The summed E-state index contributed by atoms with van der Waals surface area (Å²) in [5.41, 5.74) is 6.79. The van der Waals surface area contributed by atoms with Gasteiger partial charge in [-0.25, -0.2) is 13.8 Å². The Labute approximate surface area is 199 Å². The number of carbonyl (C=O) groups excluding carboxylic acids is 3. The summed E-state index contributed by atoms with van der Waals surface area (Å²) in [5, 5.41) is 0.734. The van der Waals surface area contributed by atoms with Crippen LogP contribution in [-0.2, 0) is 28.4 Å². The predicted molar refractivity (Wildman–Crippen MR) is 120 cm³/mol. The fourth-order valence-corrected chi connectivity index (χ4v) is 4.97. The standard InChI is InChI=1S/C22H31N3O8S/c1-14-6-5-7-15(2)18(14)20(27)31-11-10-22(3,4)13-32-34(29,30)33-25-16-8-9-17(19(23)26)24(12-16)21(25)28/h5-7,16-17H,8-13H2,1-4H3,(H2,23,26)/t16-,17+/m1/s1. The van der Waals surface area contributed by atoms with Crippen LogP contribution in [0.5, 0.6) is 0 Å². The third kappa shape index (κ3) is 5.86. The molecule has 11 nitrogen and oxygen atoms in total. The van der Waals surface area contributed by atoms with E-state index in [1.54, 1.807) is 13.8 Å². The second kappa shape index (κ2) is 9.88. The summed E-state index contributed by atoms with van der Waals surface area (Å²) in [7, 11) is -4.55. The second-order valence-electron chi connectivity index (χ2n) is 9.47. The van der Waals surface area contributed by atoms with E-state index in [9.17, 15) is 22.8 Å². The fraction of sp³-hybridized carbons (Fsp3) is 0.591. The Bertz CT molecular complexity index is 1050. The van der Waals surface area contributed by atoms with E-state index in [1.807, 2.05) is 32.0 Å². The number of aryl methyl sites for hydroxylation is 2. The Kier molecular flexibility index (Phi) is 7.53. The van der Waals surface area contributed by atoms with E-state index >= 15 is 0 Å². The third-order valence-electron chi connectivity index (χ3n) is 6.11. The Hall–Kier alpha value is -2.70. The highest BCUT2D eigenvalue weighted by molar-refractivity contribution is 7.81. The average molecular weight is 498 g/mol. The molecule has 0 saturated carbocycles. The van der Waals surface area contributed by atoms with Gasteiger partial charge in [-0.1, -0.05) is 32.0 Å². The second-order valence-corrected chi connectivity index (χ2v) is 10.7. The molecule has 0 radical (unpaired) electrons. The zero-order valence-corrected chi connectivity index (χ0v) is 20.6. The van der Waals surface area contributed by atoms with Gasteiger partial charge in [0.05, 0.1) is 24.8 Å². The van der Waals surface area contributed by atoms with Crippen LogP contribution in [0.3, 0.4) is 0 Å². The van der Waals surface area contributed by atoms with E-state index in [2.05, 4.69) is 0 Å². The molecule has 2 aliphatic rings. The number of urea groups is 1. The summed E-state index contributed by atoms with van der Waals surface area (Å²) in [6.07, 6.45) is 1.04. The van der Waals surface area contributed by atoms with Gasteiger partial charge in [-0.15, -0.1) is 4.28 Å². The van der Waals surface area contributed by atoms with E-state index < -0.39 is 45.8 Å². The van der Waals surface area contributed by atoms with Crippen molar-refractivity contribution in [2.75, 3.05) is 19.8 Å². The van der Waals surface area contributed by atoms with Gasteiger partial charge >= 0.3 is 22.4 Å². The molecule has 0 aliphatic carbocycles. The smallest absolute Gasteiger partial charge is 0.421 e. The number of carbonyl (C=O) groups is 3. The van der Waals surface area contributed by atoms with Gasteiger partial charge in [0.15, 0.2) is 0 Å². The molecule has 2 bridgehead atoms. The van der Waals surface area contributed by atoms with Crippen molar-refractivity contribution in [3.8, 4) is 0 Å². The summed E-state index contributed by atoms with van der Waals surface area (Å²) >= 11 is 0. The molecule has 1 aromatic carbocycles. The number of hydrogen-bond donors (Lipinski definition) is 1. The molecule has 12 heteroatoms. The van der Waals surface area contributed by atoms with Crippen LogP contribution in [0.2, 0.25) is 0 Å². The molecule has 2 fully saturated rings. The number of hydrogen-bond acceptors (Lipinski definition) is 8. The number of fused-ring (bicyclic) bond motifs is 2. The number of amides is 3. The molecule has 188 valence electrons. The lowest BCUT2D eigenvalue weighted by Gasteiger charge is -2.27. The number of nitrogens with two attached hydrogens (primary N) is 1. The molecule has 2 saturated heterocycles. The van der Waals surface area contributed by atoms with Crippen LogP contribution >= 0.6 is 0 Å². The van der Waals surface area contributed by atoms with Crippen molar-refractivity contribution in [2.24, 2.45) is 11.1 Å². The molecule has 2 heterocycles. The lowest BCUT2D eigenvalue weighted by atomic mass is 9.91. The van der Waals surface area contributed by atoms with Gasteiger partial charge in [0.1, 0.15) is 6.04 Å². The zero-order valence-electron chi connectivity index (χ0n) is 19.8. The van der Waals surface area contributed by atoms with Crippen molar-refractivity contribution in [1.29, 1.82) is 0 Å². The van der Waals surface area contributed by atoms with E-state index in [0.29, 0.717) is 24.8 Å². The minimum atomic E-state index is -4.55. The topological polar surface area (TPSA) is 146 Å². The Morgan fingerprint density at radius 3 is 2.44 bits per heavy atom. The largest absolute Gasteiger partial charge is 0.462 e. The summed E-state index contributed by atoms with van der Waals surface area (Å²) in [5.74, 6) is -1.08. The lowest BCUT2D eigenvalue weighted by Crippen LogP contribution is -2.47. The highest BCUT2D eigenvalue weighted by atomic mass is 32.3. The van der Waals surface area contributed by atoms with E-state index in [-0.39, 0.29) is 19.8 Å². The molecular formula is C22H31N3O8S. The molecule has 2 N–H and O–H groups in total. The first-order valence-corrected chi connectivity index (χ1v) is 12.4. The van der Waals surface area contributed by atoms with Gasteiger partial charge in [-0.2, -0.15) is 13.5 Å². The number of rotatable bonds is 10. The first-order chi connectivity index (χ1) is 15.8. The van der Waals surface area contributed by atoms with Crippen LogP contribution in [0.1, 0.15) is 54.6 Å². The van der Waals surface area contributed by atoms with Gasteiger partial charge in [0.25, 0.3) is 0 Å². The van der Waals surface area contributed by atoms with E-state index in [1.165, 1.54) is 4.90 Å². The molecule has 2 atom stereocenters. The van der Waals surface area contributed by atoms with Gasteiger partial charge in [-0.3, -0.25) is 4.79 Å². The van der Waals surface area contributed by atoms with Crippen LogP contribution in [0.15, 0.2) is 18.2 Å². The molecule has 0 spiro atoms. The monoisotopic (exact) mass is 497 g/mol. The number of primary amides is 1. The molecule has 1 aromatic rings. The fourth-order valence-electron chi connectivity index (χ4n) is 4.08. The summed E-state index contributed by atoms with van der Waals surface area (Å²) in [6, 6.07) is 3.48. The molecule has 3 amide bonds. The van der Waals surface area contributed by atoms with Crippen molar-refractivity contribution < 1.29 is 36.0 Å². The molecular weight excluding hydrogens is 466 g/mol. The maximum atomic E-state index is 12.5. The van der Waals surface area contributed by atoms with Gasteiger partial charge in [0.2, 0.25) is 5.91 Å². The third-order valence-corrected chi connectivity index (χ3v) is 6.86. The summed E-state index contributed by atoms with van der Waals surface area (Å²) < 4.78 is 40.1. The van der Waals surface area contributed by atoms with Crippen molar-refractivity contribution in [3.05, 3.63) is 34.9 Å². The molecule has 0 unspecified atom stereocenters. The van der Waals surface area contributed by atoms with Crippen molar-refractivity contribution >= 4 is 28.3 Å². The summed E-state index contributed by atoms with van der Waals surface area (Å²) in [6.45, 7) is 7.14. The molecule has 3 rings (SSSR count). The Balaban J connectivity index is 1.50. The van der Waals surface area contributed by atoms with Gasteiger partial charge < -0.3 is 15.4 Å². The predicted octanol–water partition coefficient (Wildman–Crippen LogP) is 1.82. The Morgan fingerprint density at radius 1 is 1.18 bits per heavy atom. The summed E-state index contributed by atoms with van der Waals surface area (Å²) in [4.78, 5) is 37.7. The van der Waals surface area contributed by atoms with Crippen LogP contribution in [0, 0.1) is 19.3 Å². The number of hydroxylamine groups is 2. The number of nitrogens with zero attached hydrogens (tertiary/aromatic N) is 2. The number of benzene rings is 1. The highest BCUT2D eigenvalue weighted by Crippen LogP contribution is 2.31.